The molecule has 1 heterocycles. The monoisotopic (exact) mass is 391 g/mol. The van der Waals surface area contributed by atoms with Crippen LogP contribution in [-0.2, 0) is 11.3 Å². The first-order chi connectivity index (χ1) is 12.1. The summed E-state index contributed by atoms with van der Waals surface area (Å²) in [4.78, 5) is 16.4. The van der Waals surface area contributed by atoms with Gasteiger partial charge in [-0.2, -0.15) is 5.26 Å². The molecule has 2 rings (SSSR count). The average molecular weight is 392 g/mol. The fourth-order valence-electron chi connectivity index (χ4n) is 2.22. The summed E-state index contributed by atoms with van der Waals surface area (Å²) in [5, 5.41) is 11.7. The number of anilines is 1. The Morgan fingerprint density at radius 3 is 2.88 bits per heavy atom. The van der Waals surface area contributed by atoms with Gasteiger partial charge in [-0.25, -0.2) is 0 Å². The molecule has 0 aliphatic rings. The first-order valence-electron chi connectivity index (χ1n) is 7.58. The number of benzene rings is 1. The zero-order valence-corrected chi connectivity index (χ0v) is 16.0. The second-order valence-corrected chi connectivity index (χ2v) is 7.97. The van der Waals surface area contributed by atoms with Gasteiger partial charge in [-0.1, -0.05) is 29.8 Å². The standard InChI is InChI=1S/C18H18ClN3OS2/c1-2-10-22(12-14-7-8-17(19)25-14)13-18(23)21-15-5-3-4-6-16(15)24-11-9-20/h2-8H,1,10-13H2,(H,21,23). The van der Waals surface area contributed by atoms with Crippen LogP contribution in [0.15, 0.2) is 53.9 Å². The molecule has 1 aromatic heterocycles. The first kappa shape index (κ1) is 19.5. The van der Waals surface area contributed by atoms with Crippen LogP contribution >= 0.6 is 34.7 Å². The van der Waals surface area contributed by atoms with Gasteiger partial charge < -0.3 is 5.32 Å². The van der Waals surface area contributed by atoms with Crippen molar-refractivity contribution in [1.29, 1.82) is 5.26 Å². The molecule has 0 fully saturated rings. The van der Waals surface area contributed by atoms with E-state index in [1.807, 2.05) is 41.3 Å². The number of hydrogen-bond donors (Lipinski definition) is 1. The Bertz CT molecular complexity index is 770. The van der Waals surface area contributed by atoms with E-state index in [0.717, 1.165) is 19.8 Å². The van der Waals surface area contributed by atoms with Gasteiger partial charge in [0.25, 0.3) is 0 Å². The predicted molar refractivity (Wildman–Crippen MR) is 106 cm³/mol. The van der Waals surface area contributed by atoms with Crippen LogP contribution in [0, 0.1) is 11.3 Å². The van der Waals surface area contributed by atoms with Crippen LogP contribution in [0.25, 0.3) is 0 Å². The number of carbonyl (C=O) groups is 1. The molecule has 0 radical (unpaired) electrons. The second-order valence-electron chi connectivity index (χ2n) is 5.16. The van der Waals surface area contributed by atoms with Gasteiger partial charge in [0.1, 0.15) is 0 Å². The summed E-state index contributed by atoms with van der Waals surface area (Å²) in [5.41, 5.74) is 0.727. The first-order valence-corrected chi connectivity index (χ1v) is 9.76. The van der Waals surface area contributed by atoms with Gasteiger partial charge in [0.05, 0.1) is 28.4 Å². The summed E-state index contributed by atoms with van der Waals surface area (Å²) in [7, 11) is 0. The maximum absolute atomic E-state index is 12.4. The molecule has 25 heavy (non-hydrogen) atoms. The molecule has 0 bridgehead atoms. The van der Waals surface area contributed by atoms with Crippen molar-refractivity contribution in [3.05, 3.63) is 58.3 Å². The zero-order chi connectivity index (χ0) is 18.1. The molecule has 0 unspecified atom stereocenters. The maximum atomic E-state index is 12.4. The highest BCUT2D eigenvalue weighted by Crippen LogP contribution is 2.27. The molecule has 4 nitrogen and oxygen atoms in total. The van der Waals surface area contributed by atoms with E-state index in [1.54, 1.807) is 6.08 Å². The van der Waals surface area contributed by atoms with Gasteiger partial charge in [0, 0.05) is 22.9 Å². The molecule has 0 atom stereocenters. The predicted octanol–water partition coefficient (Wildman–Crippen LogP) is 4.64. The quantitative estimate of drug-likeness (QED) is 0.499. The van der Waals surface area contributed by atoms with Gasteiger partial charge in [-0.15, -0.1) is 29.7 Å². The van der Waals surface area contributed by atoms with Crippen molar-refractivity contribution in [1.82, 2.24) is 4.90 Å². The van der Waals surface area contributed by atoms with E-state index >= 15 is 0 Å². The number of rotatable bonds is 9. The minimum Gasteiger partial charge on any atom is -0.324 e. The lowest BCUT2D eigenvalue weighted by Crippen LogP contribution is -2.32. The van der Waals surface area contributed by atoms with Crippen molar-refractivity contribution in [2.75, 3.05) is 24.2 Å². The summed E-state index contributed by atoms with van der Waals surface area (Å²) >= 11 is 8.88. The Kier molecular flexibility index (Phi) is 8.02. The molecule has 1 N–H and O–H groups in total. The van der Waals surface area contributed by atoms with Gasteiger partial charge >= 0.3 is 0 Å². The Hall–Kier alpha value is -1.78. The highest BCUT2D eigenvalue weighted by atomic mass is 35.5. The lowest BCUT2D eigenvalue weighted by Gasteiger charge is -2.19. The number of halogens is 1. The van der Waals surface area contributed by atoms with Gasteiger partial charge in [-0.05, 0) is 24.3 Å². The second kappa shape index (κ2) is 10.3. The van der Waals surface area contributed by atoms with Crippen LogP contribution < -0.4 is 5.32 Å². The van der Waals surface area contributed by atoms with Crippen LogP contribution in [-0.4, -0.2) is 29.6 Å². The fourth-order valence-corrected chi connectivity index (χ4v) is 4.02. The number of carbonyl (C=O) groups excluding carboxylic acids is 1. The molecule has 2 aromatic rings. The number of nitriles is 1. The summed E-state index contributed by atoms with van der Waals surface area (Å²) in [6.07, 6.45) is 1.78. The van der Waals surface area contributed by atoms with Crippen molar-refractivity contribution in [2.24, 2.45) is 0 Å². The summed E-state index contributed by atoms with van der Waals surface area (Å²) in [5.74, 6) is 0.240. The number of nitrogens with one attached hydrogen (secondary N) is 1. The van der Waals surface area contributed by atoms with Crippen LogP contribution in [0.3, 0.4) is 0 Å². The average Bonchev–Trinajstić information content (AvgIpc) is 2.99. The van der Waals surface area contributed by atoms with E-state index in [9.17, 15) is 4.79 Å². The fraction of sp³-hybridized carbons (Fsp3) is 0.222. The lowest BCUT2D eigenvalue weighted by molar-refractivity contribution is -0.117. The molecule has 0 saturated carbocycles. The Balaban J connectivity index is 1.99. The van der Waals surface area contributed by atoms with Crippen molar-refractivity contribution in [3.8, 4) is 6.07 Å². The summed E-state index contributed by atoms with van der Waals surface area (Å²) < 4.78 is 0.737. The molecule has 7 heteroatoms. The Labute approximate surface area is 161 Å². The number of thioether (sulfide) groups is 1. The SMILES string of the molecule is C=CCN(CC(=O)Nc1ccccc1SCC#N)Cc1ccc(Cl)s1. The molecule has 130 valence electrons. The van der Waals surface area contributed by atoms with Crippen molar-refractivity contribution >= 4 is 46.3 Å². The topological polar surface area (TPSA) is 56.1 Å². The van der Waals surface area contributed by atoms with E-state index in [0.29, 0.717) is 18.8 Å². The number of hydrogen-bond acceptors (Lipinski definition) is 5. The van der Waals surface area contributed by atoms with Crippen LogP contribution in [0.2, 0.25) is 4.34 Å². The Morgan fingerprint density at radius 1 is 1.40 bits per heavy atom. The molecular formula is C18H18ClN3OS2. The number of amides is 1. The van der Waals surface area contributed by atoms with Crippen molar-refractivity contribution < 1.29 is 4.79 Å². The molecule has 1 amide bonds. The van der Waals surface area contributed by atoms with Crippen molar-refractivity contribution in [3.63, 3.8) is 0 Å². The third-order valence-corrected chi connectivity index (χ3v) is 5.37. The van der Waals surface area contributed by atoms with Gasteiger partial charge in [-0.3, -0.25) is 9.69 Å². The minimum absolute atomic E-state index is 0.102. The smallest absolute Gasteiger partial charge is 0.238 e. The largest absolute Gasteiger partial charge is 0.324 e. The van der Waals surface area contributed by atoms with E-state index in [2.05, 4.69) is 18.0 Å². The highest BCUT2D eigenvalue weighted by molar-refractivity contribution is 7.99. The van der Waals surface area contributed by atoms with Crippen LogP contribution in [0.5, 0.6) is 0 Å². The minimum atomic E-state index is -0.102. The number of thiophene rings is 1. The van der Waals surface area contributed by atoms with Crippen LogP contribution in [0.4, 0.5) is 5.69 Å². The molecule has 0 aliphatic carbocycles. The van der Waals surface area contributed by atoms with Crippen LogP contribution in [0.1, 0.15) is 4.88 Å². The molecule has 0 spiro atoms. The molecule has 0 aliphatic heterocycles. The van der Waals surface area contributed by atoms with E-state index < -0.39 is 0 Å². The van der Waals surface area contributed by atoms with E-state index in [4.69, 9.17) is 16.9 Å². The molecule has 0 saturated heterocycles. The van der Waals surface area contributed by atoms with Gasteiger partial charge in [0.15, 0.2) is 0 Å². The van der Waals surface area contributed by atoms with E-state index in [-0.39, 0.29) is 12.5 Å². The maximum Gasteiger partial charge on any atom is 0.238 e. The lowest BCUT2D eigenvalue weighted by atomic mass is 10.3. The number of nitrogens with zero attached hydrogens (tertiary/aromatic N) is 2. The summed E-state index contributed by atoms with van der Waals surface area (Å²) in [6, 6.07) is 13.4. The highest BCUT2D eigenvalue weighted by Gasteiger charge is 2.13. The third kappa shape index (κ3) is 6.56. The van der Waals surface area contributed by atoms with Crippen molar-refractivity contribution in [2.45, 2.75) is 11.4 Å². The third-order valence-electron chi connectivity index (χ3n) is 3.22. The molecule has 1 aromatic carbocycles. The summed E-state index contributed by atoms with van der Waals surface area (Å²) in [6.45, 7) is 5.25. The normalized spacial score (nSPS) is 10.4. The molecular weight excluding hydrogens is 374 g/mol. The Morgan fingerprint density at radius 2 is 2.20 bits per heavy atom. The van der Waals surface area contributed by atoms with Gasteiger partial charge in [0.2, 0.25) is 5.91 Å². The zero-order valence-electron chi connectivity index (χ0n) is 13.6. The number of para-hydroxylation sites is 1. The van der Waals surface area contributed by atoms with E-state index in [1.165, 1.54) is 23.1 Å².